The molecule has 0 saturated carbocycles. The van der Waals surface area contributed by atoms with E-state index < -0.39 is 38.9 Å². The van der Waals surface area contributed by atoms with E-state index in [1.807, 2.05) is 4.72 Å². The van der Waals surface area contributed by atoms with Gasteiger partial charge >= 0.3 is 5.97 Å². The lowest BCUT2D eigenvalue weighted by Crippen LogP contribution is -2.46. The summed E-state index contributed by atoms with van der Waals surface area (Å²) in [5.74, 6) is -2.40. The van der Waals surface area contributed by atoms with Crippen molar-refractivity contribution in [3.05, 3.63) is 42.0 Å². The third-order valence-corrected chi connectivity index (χ3v) is 4.65. The van der Waals surface area contributed by atoms with Gasteiger partial charge in [-0.05, 0) is 37.6 Å². The number of carboxylic acid groups (broad SMARTS) is 1. The van der Waals surface area contributed by atoms with Crippen LogP contribution in [0.2, 0.25) is 0 Å². The first-order valence-electron chi connectivity index (χ1n) is 6.79. The van der Waals surface area contributed by atoms with Crippen LogP contribution >= 0.6 is 0 Å². The van der Waals surface area contributed by atoms with Crippen molar-refractivity contribution in [2.45, 2.75) is 24.3 Å². The number of aromatic nitrogens is 2. The Balaban J connectivity index is 2.26. The maximum atomic E-state index is 14.2. The zero-order valence-electron chi connectivity index (χ0n) is 12.9. The number of rotatable bonds is 6. The summed E-state index contributed by atoms with van der Waals surface area (Å²) in [6, 6.07) is 3.20. The number of sulfonamides is 1. The molecule has 0 spiro atoms. The summed E-state index contributed by atoms with van der Waals surface area (Å²) < 4.78 is 41.6. The number of halogens is 1. The first-order valence-corrected chi connectivity index (χ1v) is 8.28. The second-order valence-corrected chi connectivity index (χ2v) is 7.25. The highest BCUT2D eigenvalue weighted by Crippen LogP contribution is 2.18. The number of benzene rings is 1. The minimum Gasteiger partial charge on any atom is -0.479 e. The number of aryl methyl sites for hydroxylation is 1. The number of hydrogen-bond acceptors (Lipinski definition) is 5. The first-order chi connectivity index (χ1) is 11.0. The van der Waals surface area contributed by atoms with Crippen LogP contribution in [0.15, 0.2) is 35.5 Å². The van der Waals surface area contributed by atoms with Crippen molar-refractivity contribution in [3.8, 4) is 5.69 Å². The second-order valence-electron chi connectivity index (χ2n) is 5.48. The molecule has 0 aliphatic carbocycles. The van der Waals surface area contributed by atoms with Gasteiger partial charge in [-0.15, -0.1) is 0 Å². The maximum absolute atomic E-state index is 14.2. The molecule has 24 heavy (non-hydrogen) atoms. The molecule has 0 aliphatic rings. The summed E-state index contributed by atoms with van der Waals surface area (Å²) in [6.07, 6.45) is 3.11. The lowest BCUT2D eigenvalue weighted by molar-refractivity contribution is -0.155. The summed E-state index contributed by atoms with van der Waals surface area (Å²) in [5.41, 5.74) is -1.40. The molecule has 8 nitrogen and oxygen atoms in total. The van der Waals surface area contributed by atoms with Gasteiger partial charge < -0.3 is 10.2 Å². The molecule has 0 amide bonds. The van der Waals surface area contributed by atoms with Gasteiger partial charge in [-0.25, -0.2) is 27.0 Å². The van der Waals surface area contributed by atoms with Crippen LogP contribution in [0.25, 0.3) is 5.69 Å². The molecule has 1 heterocycles. The van der Waals surface area contributed by atoms with Crippen molar-refractivity contribution in [2.75, 3.05) is 6.54 Å². The molecular weight excluding hydrogens is 341 g/mol. The number of nitrogens with one attached hydrogen (secondary N) is 1. The first kappa shape index (κ1) is 18.0. The van der Waals surface area contributed by atoms with Gasteiger partial charge in [-0.1, -0.05) is 0 Å². The zero-order chi connectivity index (χ0) is 18.1. The van der Waals surface area contributed by atoms with Crippen molar-refractivity contribution in [1.29, 1.82) is 0 Å². The number of aliphatic carboxylic acids is 1. The highest BCUT2D eigenvalue weighted by atomic mass is 32.2. The van der Waals surface area contributed by atoms with E-state index >= 15 is 0 Å². The Morgan fingerprint density at radius 2 is 2.12 bits per heavy atom. The Bertz CT molecular complexity index is 876. The number of nitrogens with zero attached hydrogens (tertiary/aromatic N) is 2. The van der Waals surface area contributed by atoms with Crippen molar-refractivity contribution in [1.82, 2.24) is 14.5 Å². The van der Waals surface area contributed by atoms with E-state index in [-0.39, 0.29) is 5.69 Å². The lowest BCUT2D eigenvalue weighted by Gasteiger charge is -2.18. The fourth-order valence-corrected chi connectivity index (χ4v) is 2.92. The van der Waals surface area contributed by atoms with E-state index in [0.717, 1.165) is 24.6 Å². The molecule has 1 aromatic carbocycles. The standard InChI is InChI=1S/C14H16FN3O5S/c1-9-6-16-18(7-9)12-4-3-10(5-11(12)15)24(22,23)17-8-14(2,21)13(19)20/h3-7,17,21H,8H2,1-2H3,(H,19,20). The number of aliphatic hydroxyl groups is 1. The molecule has 1 unspecified atom stereocenters. The van der Waals surface area contributed by atoms with E-state index in [1.165, 1.54) is 16.9 Å². The smallest absolute Gasteiger partial charge is 0.336 e. The third-order valence-electron chi connectivity index (χ3n) is 3.26. The van der Waals surface area contributed by atoms with Crippen molar-refractivity contribution >= 4 is 16.0 Å². The maximum Gasteiger partial charge on any atom is 0.336 e. The van der Waals surface area contributed by atoms with E-state index in [1.54, 1.807) is 13.1 Å². The molecule has 2 aromatic rings. The number of carboxylic acids is 1. The number of carbonyl (C=O) groups is 1. The Morgan fingerprint density at radius 1 is 1.46 bits per heavy atom. The summed E-state index contributed by atoms with van der Waals surface area (Å²) in [5, 5.41) is 22.2. The molecule has 1 atom stereocenters. The highest BCUT2D eigenvalue weighted by molar-refractivity contribution is 7.89. The molecular formula is C14H16FN3O5S. The van der Waals surface area contributed by atoms with Crippen LogP contribution in [0.4, 0.5) is 4.39 Å². The molecule has 0 aliphatic heterocycles. The van der Waals surface area contributed by atoms with Gasteiger partial charge in [0.05, 0.1) is 17.6 Å². The molecule has 0 radical (unpaired) electrons. The van der Waals surface area contributed by atoms with Crippen molar-refractivity contribution < 1.29 is 27.8 Å². The Morgan fingerprint density at radius 3 is 2.62 bits per heavy atom. The quantitative estimate of drug-likeness (QED) is 0.689. The van der Waals surface area contributed by atoms with Gasteiger partial charge in [-0.3, -0.25) is 0 Å². The minimum atomic E-state index is -4.19. The average molecular weight is 357 g/mol. The van der Waals surface area contributed by atoms with Gasteiger partial charge in [0.15, 0.2) is 5.60 Å². The predicted octanol–water partition coefficient (Wildman–Crippen LogP) is 0.434. The van der Waals surface area contributed by atoms with Gasteiger partial charge in [0, 0.05) is 6.20 Å². The van der Waals surface area contributed by atoms with Crippen LogP contribution in [-0.4, -0.2) is 46.5 Å². The van der Waals surface area contributed by atoms with Gasteiger partial charge in [-0.2, -0.15) is 5.10 Å². The van der Waals surface area contributed by atoms with Crippen LogP contribution in [-0.2, 0) is 14.8 Å². The van der Waals surface area contributed by atoms with Crippen LogP contribution in [0.3, 0.4) is 0 Å². The monoisotopic (exact) mass is 357 g/mol. The third kappa shape index (κ3) is 3.78. The van der Waals surface area contributed by atoms with E-state index in [2.05, 4.69) is 5.10 Å². The molecule has 0 fully saturated rings. The van der Waals surface area contributed by atoms with Crippen molar-refractivity contribution in [2.24, 2.45) is 0 Å². The SMILES string of the molecule is Cc1cnn(-c2ccc(S(=O)(=O)NCC(C)(O)C(=O)O)cc2F)c1. The summed E-state index contributed by atoms with van der Waals surface area (Å²) in [6.45, 7) is 1.96. The largest absolute Gasteiger partial charge is 0.479 e. The summed E-state index contributed by atoms with van der Waals surface area (Å²) >= 11 is 0. The van der Waals surface area contributed by atoms with Crippen LogP contribution < -0.4 is 4.72 Å². The molecule has 1 aromatic heterocycles. The summed E-state index contributed by atoms with van der Waals surface area (Å²) in [7, 11) is -4.19. The highest BCUT2D eigenvalue weighted by Gasteiger charge is 2.32. The lowest BCUT2D eigenvalue weighted by atomic mass is 10.1. The molecule has 3 N–H and O–H groups in total. The van der Waals surface area contributed by atoms with Crippen LogP contribution in [0.5, 0.6) is 0 Å². The Labute approximate surface area is 137 Å². The van der Waals surface area contributed by atoms with Gasteiger partial charge in [0.2, 0.25) is 10.0 Å². The fraction of sp³-hybridized carbons (Fsp3) is 0.286. The molecule has 2 rings (SSSR count). The average Bonchev–Trinajstić information content (AvgIpc) is 2.91. The van der Waals surface area contributed by atoms with E-state index in [0.29, 0.717) is 0 Å². The second kappa shape index (κ2) is 6.30. The fourth-order valence-electron chi connectivity index (χ4n) is 1.78. The molecule has 0 saturated heterocycles. The number of hydrogen-bond donors (Lipinski definition) is 3. The van der Waals surface area contributed by atoms with Crippen LogP contribution in [0.1, 0.15) is 12.5 Å². The van der Waals surface area contributed by atoms with E-state index in [9.17, 15) is 22.7 Å². The Hall–Kier alpha value is -2.30. The minimum absolute atomic E-state index is 0.0691. The molecule has 0 bridgehead atoms. The van der Waals surface area contributed by atoms with E-state index in [4.69, 9.17) is 5.11 Å². The molecule has 130 valence electrons. The topological polar surface area (TPSA) is 122 Å². The summed E-state index contributed by atoms with van der Waals surface area (Å²) in [4.78, 5) is 10.4. The predicted molar refractivity (Wildman–Crippen MR) is 81.7 cm³/mol. The van der Waals surface area contributed by atoms with Gasteiger partial charge in [0.25, 0.3) is 0 Å². The normalized spacial score (nSPS) is 14.3. The Kier molecular flexibility index (Phi) is 4.74. The van der Waals surface area contributed by atoms with Crippen molar-refractivity contribution in [3.63, 3.8) is 0 Å². The van der Waals surface area contributed by atoms with Gasteiger partial charge in [0.1, 0.15) is 11.5 Å². The van der Waals surface area contributed by atoms with Crippen LogP contribution in [0, 0.1) is 12.7 Å². The molecule has 10 heteroatoms. The zero-order valence-corrected chi connectivity index (χ0v) is 13.7.